The van der Waals surface area contributed by atoms with E-state index in [2.05, 4.69) is 15.4 Å². The molecule has 1 amide bonds. The fraction of sp³-hybridized carbons (Fsp3) is 0.188. The molecule has 6 nitrogen and oxygen atoms in total. The van der Waals surface area contributed by atoms with E-state index in [9.17, 15) is 4.79 Å². The Morgan fingerprint density at radius 1 is 1.27 bits per heavy atom. The number of carbonyl (C=O) groups excluding carboxylic acids is 1. The number of aromatic nitrogens is 4. The van der Waals surface area contributed by atoms with Crippen molar-refractivity contribution >= 4 is 5.91 Å². The minimum Gasteiger partial charge on any atom is -0.349 e. The second kappa shape index (κ2) is 6.26. The molecular formula is C16H17N5O. The van der Waals surface area contributed by atoms with Crippen LogP contribution in [-0.4, -0.2) is 31.8 Å². The minimum absolute atomic E-state index is 0.169. The van der Waals surface area contributed by atoms with E-state index >= 15 is 0 Å². The highest BCUT2D eigenvalue weighted by atomic mass is 16.1. The van der Waals surface area contributed by atoms with Gasteiger partial charge in [0, 0.05) is 31.2 Å². The first-order valence-electron chi connectivity index (χ1n) is 7.10. The fourth-order valence-electron chi connectivity index (χ4n) is 2.22. The Morgan fingerprint density at radius 3 is 2.82 bits per heavy atom. The van der Waals surface area contributed by atoms with Crippen LogP contribution in [0.5, 0.6) is 0 Å². The molecule has 1 N–H and O–H groups in total. The lowest BCUT2D eigenvalue weighted by Gasteiger charge is -2.04. The number of carbonyl (C=O) groups is 1. The molecule has 6 heteroatoms. The van der Waals surface area contributed by atoms with Crippen molar-refractivity contribution in [2.24, 2.45) is 0 Å². The van der Waals surface area contributed by atoms with Crippen molar-refractivity contribution in [3.05, 3.63) is 66.5 Å². The van der Waals surface area contributed by atoms with E-state index < -0.39 is 0 Å². The smallest absolute Gasteiger partial charge is 0.271 e. The Bertz CT molecular complexity index is 746. The predicted octanol–water partition coefficient (Wildman–Crippen LogP) is 1.81. The van der Waals surface area contributed by atoms with Crippen LogP contribution >= 0.6 is 0 Å². The van der Waals surface area contributed by atoms with Crippen LogP contribution < -0.4 is 5.32 Å². The van der Waals surface area contributed by atoms with E-state index in [1.807, 2.05) is 48.0 Å². The van der Waals surface area contributed by atoms with Gasteiger partial charge < -0.3 is 9.88 Å². The molecule has 0 bridgehead atoms. The van der Waals surface area contributed by atoms with Crippen LogP contribution in [0.4, 0.5) is 0 Å². The SMILES string of the molecule is Cc1cc(C(=O)NCCn2ccnc2)nn1-c1ccccc1. The lowest BCUT2D eigenvalue weighted by atomic mass is 10.3. The Balaban J connectivity index is 1.66. The van der Waals surface area contributed by atoms with Gasteiger partial charge in [-0.1, -0.05) is 18.2 Å². The van der Waals surface area contributed by atoms with Crippen molar-refractivity contribution in [1.82, 2.24) is 24.6 Å². The third kappa shape index (κ3) is 3.06. The van der Waals surface area contributed by atoms with Gasteiger partial charge in [0.2, 0.25) is 0 Å². The molecule has 112 valence electrons. The largest absolute Gasteiger partial charge is 0.349 e. The van der Waals surface area contributed by atoms with Crippen LogP contribution in [-0.2, 0) is 6.54 Å². The fourth-order valence-corrected chi connectivity index (χ4v) is 2.22. The molecule has 2 heterocycles. The number of hydrogen-bond acceptors (Lipinski definition) is 3. The summed E-state index contributed by atoms with van der Waals surface area (Å²) < 4.78 is 3.68. The molecule has 0 aliphatic heterocycles. The molecule has 3 aromatic rings. The minimum atomic E-state index is -0.169. The maximum absolute atomic E-state index is 12.2. The van der Waals surface area contributed by atoms with Crippen molar-refractivity contribution in [3.8, 4) is 5.69 Å². The molecule has 0 atom stereocenters. The van der Waals surface area contributed by atoms with Gasteiger partial charge in [0.05, 0.1) is 12.0 Å². The molecule has 3 rings (SSSR count). The number of hydrogen-bond donors (Lipinski definition) is 1. The van der Waals surface area contributed by atoms with Crippen molar-refractivity contribution in [1.29, 1.82) is 0 Å². The first-order valence-corrected chi connectivity index (χ1v) is 7.10. The number of rotatable bonds is 5. The average molecular weight is 295 g/mol. The molecule has 0 saturated carbocycles. The highest BCUT2D eigenvalue weighted by Gasteiger charge is 2.12. The number of nitrogens with one attached hydrogen (secondary N) is 1. The van der Waals surface area contributed by atoms with Gasteiger partial charge in [-0.25, -0.2) is 9.67 Å². The van der Waals surface area contributed by atoms with Crippen LogP contribution in [0.3, 0.4) is 0 Å². The first-order chi connectivity index (χ1) is 10.7. The Hall–Kier alpha value is -2.89. The highest BCUT2D eigenvalue weighted by molar-refractivity contribution is 5.92. The summed E-state index contributed by atoms with van der Waals surface area (Å²) in [6, 6.07) is 11.6. The number of para-hydroxylation sites is 1. The van der Waals surface area contributed by atoms with E-state index in [4.69, 9.17) is 0 Å². The van der Waals surface area contributed by atoms with Crippen molar-refractivity contribution in [2.75, 3.05) is 6.54 Å². The number of imidazole rings is 1. The van der Waals surface area contributed by atoms with Crippen LogP contribution in [0.15, 0.2) is 55.1 Å². The summed E-state index contributed by atoms with van der Waals surface area (Å²) in [6.07, 6.45) is 5.30. The molecule has 0 spiro atoms. The molecule has 0 radical (unpaired) electrons. The number of nitrogens with zero attached hydrogens (tertiary/aromatic N) is 4. The normalized spacial score (nSPS) is 10.6. The molecule has 0 aliphatic carbocycles. The lowest BCUT2D eigenvalue weighted by Crippen LogP contribution is -2.27. The Labute approximate surface area is 128 Å². The van der Waals surface area contributed by atoms with Crippen molar-refractivity contribution in [2.45, 2.75) is 13.5 Å². The predicted molar refractivity (Wildman–Crippen MR) is 82.9 cm³/mol. The van der Waals surface area contributed by atoms with Crippen molar-refractivity contribution < 1.29 is 4.79 Å². The molecular weight excluding hydrogens is 278 g/mol. The van der Waals surface area contributed by atoms with E-state index in [0.29, 0.717) is 18.8 Å². The summed E-state index contributed by atoms with van der Waals surface area (Å²) in [4.78, 5) is 16.1. The maximum atomic E-state index is 12.2. The zero-order valence-corrected chi connectivity index (χ0v) is 12.3. The summed E-state index contributed by atoms with van der Waals surface area (Å²) in [6.45, 7) is 3.15. The van der Waals surface area contributed by atoms with E-state index in [-0.39, 0.29) is 5.91 Å². The lowest BCUT2D eigenvalue weighted by molar-refractivity contribution is 0.0947. The molecule has 0 fully saturated rings. The molecule has 0 unspecified atom stereocenters. The summed E-state index contributed by atoms with van der Waals surface area (Å²) in [5.74, 6) is -0.169. The molecule has 0 aliphatic rings. The van der Waals surface area contributed by atoms with Crippen LogP contribution in [0.2, 0.25) is 0 Å². The molecule has 22 heavy (non-hydrogen) atoms. The number of amides is 1. The number of benzene rings is 1. The first kappa shape index (κ1) is 14.1. The second-order valence-corrected chi connectivity index (χ2v) is 4.97. The molecule has 0 saturated heterocycles. The summed E-state index contributed by atoms with van der Waals surface area (Å²) in [5.41, 5.74) is 2.29. The van der Waals surface area contributed by atoms with Crippen LogP contribution in [0, 0.1) is 6.92 Å². The van der Waals surface area contributed by atoms with Gasteiger partial charge >= 0.3 is 0 Å². The Kier molecular flexibility index (Phi) is 4.00. The zero-order chi connectivity index (χ0) is 15.4. The standard InChI is InChI=1S/C16H17N5O/c1-13-11-15(19-21(13)14-5-3-2-4-6-14)16(22)18-8-10-20-9-7-17-12-20/h2-7,9,11-12H,8,10H2,1H3,(H,18,22). The monoisotopic (exact) mass is 295 g/mol. The Morgan fingerprint density at radius 2 is 2.09 bits per heavy atom. The van der Waals surface area contributed by atoms with Gasteiger partial charge in [-0.2, -0.15) is 5.10 Å². The topological polar surface area (TPSA) is 64.7 Å². The molecule has 2 aromatic heterocycles. The number of aryl methyl sites for hydroxylation is 1. The second-order valence-electron chi connectivity index (χ2n) is 4.97. The van der Waals surface area contributed by atoms with Gasteiger partial charge in [0.15, 0.2) is 5.69 Å². The van der Waals surface area contributed by atoms with Gasteiger partial charge in [-0.15, -0.1) is 0 Å². The summed E-state index contributed by atoms with van der Waals surface area (Å²) in [7, 11) is 0. The zero-order valence-electron chi connectivity index (χ0n) is 12.3. The van der Waals surface area contributed by atoms with Crippen LogP contribution in [0.25, 0.3) is 5.69 Å². The van der Waals surface area contributed by atoms with Gasteiger partial charge in [0.25, 0.3) is 5.91 Å². The highest BCUT2D eigenvalue weighted by Crippen LogP contribution is 2.11. The quantitative estimate of drug-likeness (QED) is 0.780. The van der Waals surface area contributed by atoms with E-state index in [1.54, 1.807) is 23.3 Å². The van der Waals surface area contributed by atoms with Gasteiger partial charge in [-0.3, -0.25) is 4.79 Å². The van der Waals surface area contributed by atoms with E-state index in [0.717, 1.165) is 11.4 Å². The summed E-state index contributed by atoms with van der Waals surface area (Å²) in [5, 5.41) is 7.25. The average Bonchev–Trinajstić information content (AvgIpc) is 3.17. The third-order valence-corrected chi connectivity index (χ3v) is 3.34. The third-order valence-electron chi connectivity index (χ3n) is 3.34. The molecule has 1 aromatic carbocycles. The summed E-state index contributed by atoms with van der Waals surface area (Å²) >= 11 is 0. The van der Waals surface area contributed by atoms with E-state index in [1.165, 1.54) is 0 Å². The van der Waals surface area contributed by atoms with Gasteiger partial charge in [-0.05, 0) is 25.1 Å². The maximum Gasteiger partial charge on any atom is 0.271 e. The van der Waals surface area contributed by atoms with Gasteiger partial charge in [0.1, 0.15) is 0 Å². The van der Waals surface area contributed by atoms with Crippen LogP contribution in [0.1, 0.15) is 16.2 Å². The van der Waals surface area contributed by atoms with Crippen molar-refractivity contribution in [3.63, 3.8) is 0 Å².